The van der Waals surface area contributed by atoms with Gasteiger partial charge in [-0.2, -0.15) is 15.0 Å². The zero-order valence-electron chi connectivity index (χ0n) is 12.1. The Kier molecular flexibility index (Phi) is 6.24. The van der Waals surface area contributed by atoms with Crippen molar-refractivity contribution in [3.8, 4) is 6.01 Å². The Morgan fingerprint density at radius 2 is 1.95 bits per heavy atom. The predicted octanol–water partition coefficient (Wildman–Crippen LogP) is 1.92. The normalized spacial score (nSPS) is 12.8. The summed E-state index contributed by atoms with van der Waals surface area (Å²) in [7, 11) is 5.58. The molecule has 6 nitrogen and oxygen atoms in total. The smallest absolute Gasteiger partial charge is 0.322 e. The van der Waals surface area contributed by atoms with E-state index < -0.39 is 0 Å². The van der Waals surface area contributed by atoms with Crippen LogP contribution >= 0.6 is 11.6 Å². The molecular formula is C12H22ClN5O. The van der Waals surface area contributed by atoms with Crippen LogP contribution in [0.5, 0.6) is 6.01 Å². The topological polar surface area (TPSA) is 63.2 Å². The number of likely N-dealkylation sites (N-methyl/N-ethyl adjacent to an activating group) is 1. The van der Waals surface area contributed by atoms with Crippen molar-refractivity contribution in [2.75, 3.05) is 33.1 Å². The van der Waals surface area contributed by atoms with Crippen LogP contribution in [-0.4, -0.2) is 53.6 Å². The van der Waals surface area contributed by atoms with Crippen molar-refractivity contribution in [3.05, 3.63) is 5.28 Å². The van der Waals surface area contributed by atoms with Crippen LogP contribution in [0, 0.1) is 5.92 Å². The van der Waals surface area contributed by atoms with Crippen LogP contribution in [0.1, 0.15) is 20.3 Å². The number of ether oxygens (including phenoxy) is 1. The molecule has 0 spiro atoms. The Morgan fingerprint density at radius 3 is 2.47 bits per heavy atom. The fraction of sp³-hybridized carbons (Fsp3) is 0.750. The molecule has 0 saturated carbocycles. The highest BCUT2D eigenvalue weighted by Gasteiger charge is 2.14. The maximum atomic E-state index is 5.83. The maximum Gasteiger partial charge on any atom is 0.322 e. The molecule has 1 unspecified atom stereocenters. The summed E-state index contributed by atoms with van der Waals surface area (Å²) in [4.78, 5) is 14.2. The van der Waals surface area contributed by atoms with Crippen LogP contribution in [0.4, 0.5) is 5.95 Å². The van der Waals surface area contributed by atoms with Gasteiger partial charge < -0.3 is 15.0 Å². The molecule has 7 heteroatoms. The van der Waals surface area contributed by atoms with Gasteiger partial charge in [-0.15, -0.1) is 0 Å². The molecule has 1 rings (SSSR count). The molecule has 0 aliphatic rings. The van der Waals surface area contributed by atoms with Gasteiger partial charge in [-0.05, 0) is 38.0 Å². The van der Waals surface area contributed by atoms with Crippen molar-refractivity contribution in [3.63, 3.8) is 0 Å². The second-order valence-electron chi connectivity index (χ2n) is 5.15. The molecule has 1 aromatic heterocycles. The molecule has 1 atom stereocenters. The summed E-state index contributed by atoms with van der Waals surface area (Å²) in [6.07, 6.45) is 1.02. The van der Waals surface area contributed by atoms with E-state index in [1.807, 2.05) is 14.1 Å². The quantitative estimate of drug-likeness (QED) is 0.827. The van der Waals surface area contributed by atoms with Gasteiger partial charge in [0.05, 0.1) is 7.11 Å². The molecule has 0 aliphatic heterocycles. The van der Waals surface area contributed by atoms with E-state index in [0.29, 0.717) is 11.9 Å². The summed E-state index contributed by atoms with van der Waals surface area (Å²) in [6, 6.07) is 0.467. The lowest BCUT2D eigenvalue weighted by molar-refractivity contribution is 0.354. The van der Waals surface area contributed by atoms with E-state index >= 15 is 0 Å². The van der Waals surface area contributed by atoms with Gasteiger partial charge in [0.25, 0.3) is 0 Å². The molecule has 1 aromatic rings. The first-order valence-corrected chi connectivity index (χ1v) is 6.65. The number of nitrogens with zero attached hydrogens (tertiary/aromatic N) is 4. The highest BCUT2D eigenvalue weighted by molar-refractivity contribution is 6.28. The molecule has 108 valence electrons. The number of nitrogens with one attached hydrogen (secondary N) is 1. The molecule has 1 heterocycles. The van der Waals surface area contributed by atoms with Crippen LogP contribution in [0.2, 0.25) is 5.28 Å². The van der Waals surface area contributed by atoms with Gasteiger partial charge in [0.1, 0.15) is 0 Å². The number of aromatic nitrogens is 3. The van der Waals surface area contributed by atoms with Gasteiger partial charge in [-0.25, -0.2) is 0 Å². The number of anilines is 1. The Morgan fingerprint density at radius 1 is 1.26 bits per heavy atom. The van der Waals surface area contributed by atoms with Crippen molar-refractivity contribution in [1.82, 2.24) is 19.9 Å². The SMILES string of the molecule is COc1nc(Cl)nc(NC(CC(C)C)CN(C)C)n1. The zero-order chi connectivity index (χ0) is 14.4. The number of hydrogen-bond donors (Lipinski definition) is 1. The number of halogens is 1. The van der Waals surface area contributed by atoms with Gasteiger partial charge in [-0.3, -0.25) is 0 Å². The van der Waals surface area contributed by atoms with Crippen molar-refractivity contribution in [1.29, 1.82) is 0 Å². The molecule has 1 N–H and O–H groups in total. The maximum absolute atomic E-state index is 5.83. The van der Waals surface area contributed by atoms with E-state index in [9.17, 15) is 0 Å². The lowest BCUT2D eigenvalue weighted by atomic mass is 10.0. The number of hydrogen-bond acceptors (Lipinski definition) is 6. The van der Waals surface area contributed by atoms with Crippen molar-refractivity contribution >= 4 is 17.5 Å². The van der Waals surface area contributed by atoms with Crippen LogP contribution in [0.3, 0.4) is 0 Å². The summed E-state index contributed by atoms with van der Waals surface area (Å²) in [6.45, 7) is 5.26. The third-order valence-corrected chi connectivity index (χ3v) is 2.61. The van der Waals surface area contributed by atoms with Gasteiger partial charge in [-0.1, -0.05) is 13.8 Å². The van der Waals surface area contributed by atoms with E-state index in [2.05, 4.69) is 39.0 Å². The number of methoxy groups -OCH3 is 1. The Labute approximate surface area is 119 Å². The fourth-order valence-corrected chi connectivity index (χ4v) is 2.01. The largest absolute Gasteiger partial charge is 0.467 e. The van der Waals surface area contributed by atoms with E-state index in [0.717, 1.165) is 13.0 Å². The Hall–Kier alpha value is -1.14. The molecule has 0 bridgehead atoms. The monoisotopic (exact) mass is 287 g/mol. The van der Waals surface area contributed by atoms with E-state index in [1.165, 1.54) is 7.11 Å². The Bertz CT molecular complexity index is 390. The minimum absolute atomic E-state index is 0.127. The summed E-state index contributed by atoms with van der Waals surface area (Å²) in [5, 5.41) is 3.42. The van der Waals surface area contributed by atoms with Crippen molar-refractivity contribution in [2.45, 2.75) is 26.3 Å². The average Bonchev–Trinajstić information content (AvgIpc) is 2.26. The van der Waals surface area contributed by atoms with Gasteiger partial charge in [0.15, 0.2) is 0 Å². The molecule has 0 aromatic carbocycles. The minimum Gasteiger partial charge on any atom is -0.467 e. The summed E-state index contributed by atoms with van der Waals surface area (Å²) in [5.74, 6) is 1.03. The molecule has 0 radical (unpaired) electrons. The van der Waals surface area contributed by atoms with Crippen LogP contribution in [0.15, 0.2) is 0 Å². The van der Waals surface area contributed by atoms with E-state index in [-0.39, 0.29) is 17.3 Å². The Balaban J connectivity index is 2.79. The molecule has 0 aliphatic carbocycles. The fourth-order valence-electron chi connectivity index (χ4n) is 1.86. The summed E-state index contributed by atoms with van der Waals surface area (Å²) < 4.78 is 4.98. The highest BCUT2D eigenvalue weighted by Crippen LogP contribution is 2.14. The van der Waals surface area contributed by atoms with Gasteiger partial charge >= 0.3 is 6.01 Å². The van der Waals surface area contributed by atoms with Gasteiger partial charge in [0.2, 0.25) is 11.2 Å². The third-order valence-electron chi connectivity index (χ3n) is 2.44. The second kappa shape index (κ2) is 7.45. The average molecular weight is 288 g/mol. The first kappa shape index (κ1) is 15.9. The van der Waals surface area contributed by atoms with Gasteiger partial charge in [0, 0.05) is 12.6 Å². The van der Waals surface area contributed by atoms with Crippen molar-refractivity contribution < 1.29 is 4.74 Å². The molecule has 0 saturated heterocycles. The van der Waals surface area contributed by atoms with E-state index in [4.69, 9.17) is 16.3 Å². The molecule has 0 amide bonds. The number of rotatable bonds is 7. The second-order valence-corrected chi connectivity index (χ2v) is 5.49. The van der Waals surface area contributed by atoms with Crippen LogP contribution < -0.4 is 10.1 Å². The standard InChI is InChI=1S/C12H22ClN5O/c1-8(2)6-9(7-18(3)4)14-11-15-10(13)16-12(17-11)19-5/h8-9H,6-7H2,1-5H3,(H,14,15,16,17). The molecule has 0 fully saturated rings. The highest BCUT2D eigenvalue weighted by atomic mass is 35.5. The predicted molar refractivity (Wildman–Crippen MR) is 76.8 cm³/mol. The minimum atomic E-state index is 0.127. The van der Waals surface area contributed by atoms with Crippen LogP contribution in [-0.2, 0) is 0 Å². The lowest BCUT2D eigenvalue weighted by Gasteiger charge is -2.23. The molecular weight excluding hydrogens is 266 g/mol. The lowest BCUT2D eigenvalue weighted by Crippen LogP contribution is -2.34. The summed E-state index contributed by atoms with van der Waals surface area (Å²) >= 11 is 5.83. The zero-order valence-corrected chi connectivity index (χ0v) is 12.9. The first-order chi connectivity index (χ1) is 8.90. The van der Waals surface area contributed by atoms with E-state index in [1.54, 1.807) is 0 Å². The first-order valence-electron chi connectivity index (χ1n) is 6.27. The molecule has 19 heavy (non-hydrogen) atoms. The van der Waals surface area contributed by atoms with Crippen LogP contribution in [0.25, 0.3) is 0 Å². The summed E-state index contributed by atoms with van der Waals surface area (Å²) in [5.41, 5.74) is 0. The third kappa shape index (κ3) is 6.02. The van der Waals surface area contributed by atoms with Crippen molar-refractivity contribution in [2.24, 2.45) is 5.92 Å².